The van der Waals surface area contributed by atoms with Crippen LogP contribution >= 0.6 is 11.6 Å². The number of hydrogen-bond acceptors (Lipinski definition) is 4. The number of carbonyl (C=O) groups excluding carboxylic acids is 1. The van der Waals surface area contributed by atoms with Gasteiger partial charge in [-0.05, 0) is 30.3 Å². The molecule has 0 heterocycles. The van der Waals surface area contributed by atoms with Crippen LogP contribution in [0.1, 0.15) is 21.5 Å². The Labute approximate surface area is 132 Å². The lowest BCUT2D eigenvalue weighted by Crippen LogP contribution is -2.22. The Morgan fingerprint density at radius 1 is 1.36 bits per heavy atom. The van der Waals surface area contributed by atoms with Gasteiger partial charge in [-0.25, -0.2) is 0 Å². The van der Waals surface area contributed by atoms with Crippen molar-refractivity contribution in [2.45, 2.75) is 6.54 Å². The van der Waals surface area contributed by atoms with Gasteiger partial charge in [0.1, 0.15) is 11.5 Å². The van der Waals surface area contributed by atoms with Crippen molar-refractivity contribution in [1.29, 1.82) is 5.26 Å². The minimum atomic E-state index is -0.343. The highest BCUT2D eigenvalue weighted by molar-refractivity contribution is 6.31. The summed E-state index contributed by atoms with van der Waals surface area (Å²) >= 11 is 5.92. The predicted octanol–water partition coefficient (Wildman–Crippen LogP) is 2.86. The third kappa shape index (κ3) is 3.68. The van der Waals surface area contributed by atoms with E-state index in [9.17, 15) is 9.90 Å². The lowest BCUT2D eigenvalue weighted by atomic mass is 10.1. The Morgan fingerprint density at radius 2 is 2.14 bits per heavy atom. The Hall–Kier alpha value is -2.71. The molecule has 0 aliphatic heterocycles. The average molecular weight is 317 g/mol. The fraction of sp³-hybridized carbons (Fsp3) is 0.125. The summed E-state index contributed by atoms with van der Waals surface area (Å²) in [4.78, 5) is 12.1. The van der Waals surface area contributed by atoms with E-state index in [-0.39, 0.29) is 18.2 Å². The van der Waals surface area contributed by atoms with Gasteiger partial charge in [-0.15, -0.1) is 0 Å². The van der Waals surface area contributed by atoms with E-state index < -0.39 is 0 Å². The van der Waals surface area contributed by atoms with Crippen LogP contribution in [0.25, 0.3) is 0 Å². The number of carbonyl (C=O) groups is 1. The molecule has 0 bridgehead atoms. The smallest absolute Gasteiger partial charge is 0.251 e. The predicted molar refractivity (Wildman–Crippen MR) is 82.0 cm³/mol. The second-order valence-corrected chi connectivity index (χ2v) is 4.95. The molecular formula is C16H13ClN2O3. The van der Waals surface area contributed by atoms with E-state index in [1.165, 1.54) is 19.2 Å². The average Bonchev–Trinajstić information content (AvgIpc) is 2.52. The fourth-order valence-electron chi connectivity index (χ4n) is 1.87. The number of aromatic hydroxyl groups is 1. The lowest BCUT2D eigenvalue weighted by Gasteiger charge is -2.09. The molecule has 22 heavy (non-hydrogen) atoms. The number of nitriles is 1. The molecule has 1 amide bonds. The normalized spacial score (nSPS) is 9.86. The van der Waals surface area contributed by atoms with Gasteiger partial charge >= 0.3 is 0 Å². The molecule has 2 rings (SSSR count). The van der Waals surface area contributed by atoms with Gasteiger partial charge in [-0.2, -0.15) is 5.26 Å². The van der Waals surface area contributed by atoms with Crippen molar-refractivity contribution in [2.75, 3.05) is 7.11 Å². The molecule has 2 aromatic carbocycles. The van der Waals surface area contributed by atoms with E-state index >= 15 is 0 Å². The minimum absolute atomic E-state index is 0.0389. The topological polar surface area (TPSA) is 82.3 Å². The van der Waals surface area contributed by atoms with Crippen LogP contribution < -0.4 is 10.1 Å². The molecule has 0 spiro atoms. The van der Waals surface area contributed by atoms with Crippen molar-refractivity contribution >= 4 is 17.5 Å². The summed E-state index contributed by atoms with van der Waals surface area (Å²) in [5, 5.41) is 21.6. The minimum Gasteiger partial charge on any atom is -0.508 e. The molecule has 0 fully saturated rings. The maximum Gasteiger partial charge on any atom is 0.251 e. The van der Waals surface area contributed by atoms with E-state index in [1.807, 2.05) is 6.07 Å². The number of amides is 1. The number of methoxy groups -OCH3 is 1. The SMILES string of the molecule is COc1cc(Cl)cc(C(=O)NCc2ccc(C#N)cc2O)c1. The highest BCUT2D eigenvalue weighted by Crippen LogP contribution is 2.21. The van der Waals surface area contributed by atoms with E-state index in [2.05, 4.69) is 5.32 Å². The number of halogens is 1. The van der Waals surface area contributed by atoms with Crippen LogP contribution in [0.15, 0.2) is 36.4 Å². The first-order valence-electron chi connectivity index (χ1n) is 6.38. The van der Waals surface area contributed by atoms with E-state index in [0.717, 1.165) is 0 Å². The van der Waals surface area contributed by atoms with Gasteiger partial charge in [0.2, 0.25) is 0 Å². The van der Waals surface area contributed by atoms with Gasteiger partial charge < -0.3 is 15.2 Å². The third-order valence-electron chi connectivity index (χ3n) is 3.02. The van der Waals surface area contributed by atoms with E-state index in [0.29, 0.717) is 27.5 Å². The Morgan fingerprint density at radius 3 is 2.77 bits per heavy atom. The van der Waals surface area contributed by atoms with Gasteiger partial charge in [0.15, 0.2) is 0 Å². The summed E-state index contributed by atoms with van der Waals surface area (Å²) < 4.78 is 5.06. The van der Waals surface area contributed by atoms with Crippen LogP contribution in [0.4, 0.5) is 0 Å². The number of phenolic OH excluding ortho intramolecular Hbond substituents is 1. The highest BCUT2D eigenvalue weighted by Gasteiger charge is 2.10. The number of nitrogens with one attached hydrogen (secondary N) is 1. The number of rotatable bonds is 4. The molecule has 0 atom stereocenters. The number of ether oxygens (including phenoxy) is 1. The summed E-state index contributed by atoms with van der Waals surface area (Å²) in [6.45, 7) is 0.130. The van der Waals surface area contributed by atoms with Crippen LogP contribution in [0.3, 0.4) is 0 Å². The molecule has 112 valence electrons. The summed E-state index contributed by atoms with van der Waals surface area (Å²) in [5.41, 5.74) is 1.23. The molecule has 0 aliphatic rings. The quantitative estimate of drug-likeness (QED) is 0.908. The van der Waals surface area contributed by atoms with E-state index in [4.69, 9.17) is 21.6 Å². The van der Waals surface area contributed by atoms with Crippen molar-refractivity contribution in [3.8, 4) is 17.6 Å². The van der Waals surface area contributed by atoms with Crippen molar-refractivity contribution < 1.29 is 14.6 Å². The molecule has 2 N–H and O–H groups in total. The molecular weight excluding hydrogens is 304 g/mol. The first kappa shape index (κ1) is 15.7. The molecule has 0 radical (unpaired) electrons. The summed E-state index contributed by atoms with van der Waals surface area (Å²) in [5.74, 6) is 0.103. The van der Waals surface area contributed by atoms with Crippen molar-refractivity contribution in [3.63, 3.8) is 0 Å². The number of nitrogens with zero attached hydrogens (tertiary/aromatic N) is 1. The van der Waals surface area contributed by atoms with Gasteiger partial charge in [-0.3, -0.25) is 4.79 Å². The van der Waals surface area contributed by atoms with Gasteiger partial charge in [-0.1, -0.05) is 17.7 Å². The number of phenols is 1. The molecule has 0 saturated carbocycles. The second kappa shape index (κ2) is 6.83. The van der Waals surface area contributed by atoms with Crippen molar-refractivity contribution in [2.24, 2.45) is 0 Å². The van der Waals surface area contributed by atoms with Gasteiger partial charge in [0.05, 0.1) is 18.7 Å². The number of hydrogen-bond donors (Lipinski definition) is 2. The highest BCUT2D eigenvalue weighted by atomic mass is 35.5. The van der Waals surface area contributed by atoms with Crippen LogP contribution in [0, 0.1) is 11.3 Å². The standard InChI is InChI=1S/C16H13ClN2O3/c1-22-14-6-12(5-13(17)7-14)16(21)19-9-11-3-2-10(8-18)4-15(11)20/h2-7,20H,9H2,1H3,(H,19,21). The Kier molecular flexibility index (Phi) is 4.87. The zero-order chi connectivity index (χ0) is 16.1. The molecule has 0 aromatic heterocycles. The van der Waals surface area contributed by atoms with Crippen LogP contribution in [-0.2, 0) is 6.54 Å². The Bertz CT molecular complexity index is 754. The largest absolute Gasteiger partial charge is 0.508 e. The molecule has 0 saturated heterocycles. The fourth-order valence-corrected chi connectivity index (χ4v) is 2.10. The Balaban J connectivity index is 2.10. The summed E-state index contributed by atoms with van der Waals surface area (Å²) in [7, 11) is 1.49. The van der Waals surface area contributed by atoms with E-state index in [1.54, 1.807) is 24.3 Å². The van der Waals surface area contributed by atoms with Crippen LogP contribution in [0.5, 0.6) is 11.5 Å². The molecule has 2 aromatic rings. The summed E-state index contributed by atoms with van der Waals surface area (Å²) in [6, 6.07) is 11.1. The van der Waals surface area contributed by atoms with Gasteiger partial charge in [0.25, 0.3) is 5.91 Å². The monoisotopic (exact) mass is 316 g/mol. The molecule has 0 aliphatic carbocycles. The second-order valence-electron chi connectivity index (χ2n) is 4.52. The number of benzene rings is 2. The first-order valence-corrected chi connectivity index (χ1v) is 6.76. The third-order valence-corrected chi connectivity index (χ3v) is 3.24. The molecule has 5 nitrogen and oxygen atoms in total. The zero-order valence-corrected chi connectivity index (χ0v) is 12.5. The van der Waals surface area contributed by atoms with Crippen molar-refractivity contribution in [3.05, 3.63) is 58.1 Å². The van der Waals surface area contributed by atoms with Crippen LogP contribution in [0.2, 0.25) is 5.02 Å². The maximum absolute atomic E-state index is 12.1. The maximum atomic E-state index is 12.1. The summed E-state index contributed by atoms with van der Waals surface area (Å²) in [6.07, 6.45) is 0. The lowest BCUT2D eigenvalue weighted by molar-refractivity contribution is 0.0950. The molecule has 6 heteroatoms. The molecule has 0 unspecified atom stereocenters. The van der Waals surface area contributed by atoms with Gasteiger partial charge in [0, 0.05) is 22.7 Å². The van der Waals surface area contributed by atoms with Crippen LogP contribution in [-0.4, -0.2) is 18.1 Å². The first-order chi connectivity index (χ1) is 10.5. The zero-order valence-electron chi connectivity index (χ0n) is 11.8. The van der Waals surface area contributed by atoms with Crippen molar-refractivity contribution in [1.82, 2.24) is 5.32 Å².